The maximum atomic E-state index is 10.4. The lowest BCUT2D eigenvalue weighted by Crippen LogP contribution is -2.38. The maximum Gasteiger partial charge on any atom is 0.167 e. The van der Waals surface area contributed by atoms with Gasteiger partial charge in [0, 0.05) is 0 Å². The number of aliphatic hydroxyl groups excluding tert-OH is 1. The summed E-state index contributed by atoms with van der Waals surface area (Å²) in [6.07, 6.45) is 0.0864. The first kappa shape index (κ1) is 27.5. The summed E-state index contributed by atoms with van der Waals surface area (Å²) in [6.45, 7) is 3.54. The average molecular weight is 580 g/mol. The van der Waals surface area contributed by atoms with E-state index in [0.29, 0.717) is 17.0 Å². The molecule has 2 saturated heterocycles. The molecular weight excluding hydrogens is 546 g/mol. The van der Waals surface area contributed by atoms with E-state index in [9.17, 15) is 5.11 Å². The number of benzene rings is 3. The fourth-order valence-electron chi connectivity index (χ4n) is 6.29. The fourth-order valence-corrected chi connectivity index (χ4v) is 6.29. The molecule has 0 bridgehead atoms. The molecule has 2 aliphatic rings. The van der Waals surface area contributed by atoms with E-state index in [0.717, 1.165) is 22.4 Å². The summed E-state index contributed by atoms with van der Waals surface area (Å²) < 4.78 is 25.6. The standard InChI is InChI=1S/C33H33N5O5/c1-20(39)27-28-29(42-21(2)41-28)32(43-27)38-19-36-26-30(34-18-35-31(26)38)37-33(22-10-6-4-7-11-22,23-12-8-5-9-13-23)24-14-16-25(40-3)17-15-24/h4-21,27-29,32,39H,1-3H3,(H,34,35,37)/t20-,21?,27+,28+,29+,32+/m0/s1. The van der Waals surface area contributed by atoms with Crippen LogP contribution in [0.2, 0.25) is 0 Å². The third-order valence-electron chi connectivity index (χ3n) is 8.27. The molecule has 2 aromatic heterocycles. The number of nitrogens with one attached hydrogen (secondary N) is 1. The van der Waals surface area contributed by atoms with Crippen molar-refractivity contribution in [2.75, 3.05) is 12.4 Å². The predicted molar refractivity (Wildman–Crippen MR) is 160 cm³/mol. The van der Waals surface area contributed by atoms with Gasteiger partial charge in [-0.15, -0.1) is 0 Å². The van der Waals surface area contributed by atoms with Crippen molar-refractivity contribution in [1.82, 2.24) is 19.5 Å². The van der Waals surface area contributed by atoms with Crippen LogP contribution in [0.1, 0.15) is 36.8 Å². The zero-order valence-electron chi connectivity index (χ0n) is 24.1. The highest BCUT2D eigenvalue weighted by Gasteiger charge is 2.54. The molecule has 220 valence electrons. The number of nitrogens with zero attached hydrogens (tertiary/aromatic N) is 4. The molecule has 7 rings (SSSR count). The maximum absolute atomic E-state index is 10.4. The summed E-state index contributed by atoms with van der Waals surface area (Å²) in [7, 11) is 1.66. The molecule has 3 aromatic carbocycles. The molecule has 4 heterocycles. The third-order valence-corrected chi connectivity index (χ3v) is 8.27. The van der Waals surface area contributed by atoms with Crippen LogP contribution in [0, 0.1) is 0 Å². The van der Waals surface area contributed by atoms with Gasteiger partial charge in [0.25, 0.3) is 0 Å². The number of aromatic nitrogens is 4. The van der Waals surface area contributed by atoms with E-state index in [1.165, 1.54) is 6.33 Å². The Labute approximate surface area is 249 Å². The fraction of sp³-hybridized carbons (Fsp3) is 0.303. The van der Waals surface area contributed by atoms with E-state index >= 15 is 0 Å². The topological polar surface area (TPSA) is 113 Å². The highest BCUT2D eigenvalue weighted by molar-refractivity contribution is 5.84. The summed E-state index contributed by atoms with van der Waals surface area (Å²) in [5, 5.41) is 14.2. The normalized spacial score (nSPS) is 24.1. The van der Waals surface area contributed by atoms with Gasteiger partial charge in [0.15, 0.2) is 29.5 Å². The van der Waals surface area contributed by atoms with E-state index in [1.54, 1.807) is 20.4 Å². The van der Waals surface area contributed by atoms with Gasteiger partial charge in [0.05, 0.1) is 19.5 Å². The summed E-state index contributed by atoms with van der Waals surface area (Å²) in [5.74, 6) is 1.31. The second kappa shape index (κ2) is 11.1. The van der Waals surface area contributed by atoms with Gasteiger partial charge < -0.3 is 29.4 Å². The number of rotatable bonds is 8. The largest absolute Gasteiger partial charge is 0.497 e. The highest BCUT2D eigenvalue weighted by atomic mass is 16.8. The predicted octanol–water partition coefficient (Wildman–Crippen LogP) is 4.65. The van der Waals surface area contributed by atoms with Crippen molar-refractivity contribution in [2.24, 2.45) is 0 Å². The molecule has 2 aliphatic heterocycles. The van der Waals surface area contributed by atoms with Crippen molar-refractivity contribution in [3.05, 3.63) is 114 Å². The molecule has 1 unspecified atom stereocenters. The Kier molecular flexibility index (Phi) is 7.06. The molecule has 2 fully saturated rings. The Hall–Kier alpha value is -4.35. The number of aliphatic hydroxyl groups is 1. The monoisotopic (exact) mass is 579 g/mol. The van der Waals surface area contributed by atoms with Crippen LogP contribution in [-0.2, 0) is 19.7 Å². The van der Waals surface area contributed by atoms with Crippen LogP contribution in [0.3, 0.4) is 0 Å². The van der Waals surface area contributed by atoms with Gasteiger partial charge in [-0.1, -0.05) is 72.8 Å². The van der Waals surface area contributed by atoms with Crippen molar-refractivity contribution >= 4 is 17.0 Å². The number of hydrogen-bond acceptors (Lipinski definition) is 9. The summed E-state index contributed by atoms with van der Waals surface area (Å²) in [6, 6.07) is 28.5. The first-order chi connectivity index (χ1) is 21.0. The number of imidazole rings is 1. The van der Waals surface area contributed by atoms with E-state index in [4.69, 9.17) is 28.9 Å². The number of fused-ring (bicyclic) bond motifs is 2. The Bertz CT molecular complexity index is 1660. The molecule has 0 radical (unpaired) electrons. The minimum Gasteiger partial charge on any atom is -0.497 e. The second-order valence-electron chi connectivity index (χ2n) is 10.9. The van der Waals surface area contributed by atoms with Crippen LogP contribution in [0.5, 0.6) is 5.75 Å². The summed E-state index contributed by atoms with van der Waals surface area (Å²) in [4.78, 5) is 14.1. The van der Waals surface area contributed by atoms with Crippen molar-refractivity contribution < 1.29 is 24.1 Å². The van der Waals surface area contributed by atoms with Crippen molar-refractivity contribution in [3.63, 3.8) is 0 Å². The minimum atomic E-state index is -0.843. The van der Waals surface area contributed by atoms with Crippen LogP contribution in [0.4, 0.5) is 5.82 Å². The molecule has 0 spiro atoms. The van der Waals surface area contributed by atoms with Crippen LogP contribution in [-0.4, -0.2) is 62.4 Å². The van der Waals surface area contributed by atoms with E-state index < -0.39 is 42.5 Å². The molecule has 0 saturated carbocycles. The van der Waals surface area contributed by atoms with Crippen LogP contribution in [0.25, 0.3) is 11.2 Å². The third kappa shape index (κ3) is 4.63. The van der Waals surface area contributed by atoms with Gasteiger partial charge in [-0.2, -0.15) is 0 Å². The minimum absolute atomic E-state index is 0.407. The van der Waals surface area contributed by atoms with Gasteiger partial charge >= 0.3 is 0 Å². The molecule has 0 aliphatic carbocycles. The highest BCUT2D eigenvalue weighted by Crippen LogP contribution is 2.43. The van der Waals surface area contributed by atoms with Crippen LogP contribution >= 0.6 is 0 Å². The lowest BCUT2D eigenvalue weighted by molar-refractivity contribution is -0.154. The van der Waals surface area contributed by atoms with Gasteiger partial charge in [0.1, 0.15) is 35.9 Å². The Morgan fingerprint density at radius 2 is 1.47 bits per heavy atom. The van der Waals surface area contributed by atoms with Gasteiger partial charge in [-0.3, -0.25) is 4.57 Å². The molecule has 10 nitrogen and oxygen atoms in total. The number of ether oxygens (including phenoxy) is 4. The molecule has 5 aromatic rings. The quantitative estimate of drug-likeness (QED) is 0.254. The van der Waals surface area contributed by atoms with Crippen LogP contribution in [0.15, 0.2) is 97.6 Å². The molecule has 10 heteroatoms. The summed E-state index contributed by atoms with van der Waals surface area (Å²) >= 11 is 0. The van der Waals surface area contributed by atoms with Crippen molar-refractivity contribution in [3.8, 4) is 5.75 Å². The molecular formula is C33H33N5O5. The second-order valence-corrected chi connectivity index (χ2v) is 10.9. The molecule has 43 heavy (non-hydrogen) atoms. The number of methoxy groups -OCH3 is 1. The molecule has 0 amide bonds. The molecule has 2 N–H and O–H groups in total. The number of hydrogen-bond donors (Lipinski definition) is 2. The van der Waals surface area contributed by atoms with Gasteiger partial charge in [-0.25, -0.2) is 15.0 Å². The van der Waals surface area contributed by atoms with Crippen molar-refractivity contribution in [2.45, 2.75) is 56.3 Å². The van der Waals surface area contributed by atoms with Crippen LogP contribution < -0.4 is 10.1 Å². The zero-order valence-corrected chi connectivity index (χ0v) is 24.1. The summed E-state index contributed by atoms with van der Waals surface area (Å²) in [5.41, 5.74) is 3.32. The first-order valence-electron chi connectivity index (χ1n) is 14.4. The lowest BCUT2D eigenvalue weighted by atomic mass is 9.77. The smallest absolute Gasteiger partial charge is 0.167 e. The lowest BCUT2D eigenvalue weighted by Gasteiger charge is -2.37. The Morgan fingerprint density at radius 3 is 2.09 bits per heavy atom. The van der Waals surface area contributed by atoms with Gasteiger partial charge in [0.2, 0.25) is 0 Å². The van der Waals surface area contributed by atoms with Crippen molar-refractivity contribution in [1.29, 1.82) is 0 Å². The average Bonchev–Trinajstić information content (AvgIpc) is 3.74. The zero-order chi connectivity index (χ0) is 29.6. The van der Waals surface area contributed by atoms with Gasteiger partial charge in [-0.05, 0) is 42.7 Å². The van der Waals surface area contributed by atoms with E-state index in [2.05, 4.69) is 46.7 Å². The Morgan fingerprint density at radius 1 is 0.837 bits per heavy atom. The Balaban J connectivity index is 1.37. The van der Waals surface area contributed by atoms with E-state index in [1.807, 2.05) is 60.0 Å². The van der Waals surface area contributed by atoms with E-state index in [-0.39, 0.29) is 0 Å². The molecule has 6 atom stereocenters. The first-order valence-corrected chi connectivity index (χ1v) is 14.4. The number of anilines is 1. The SMILES string of the molecule is COc1ccc(C(Nc2ncnc3c2ncn3[C@@H]2O[C@H]([C@H](C)O)[C@H]3OC(C)O[C@H]32)(c2ccccc2)c2ccccc2)cc1.